The molecule has 72 valence electrons. The van der Waals surface area contributed by atoms with E-state index in [0.717, 1.165) is 10.9 Å². The van der Waals surface area contributed by atoms with Gasteiger partial charge in [0.05, 0.1) is 0 Å². The second-order valence-electron chi connectivity index (χ2n) is 3.74. The molecule has 0 aliphatic rings. The van der Waals surface area contributed by atoms with E-state index in [4.69, 9.17) is 0 Å². The SMILES string of the molecule is CCC[CH2][Sn]([CH3])([OH])[c]1ccccc1. The fraction of sp³-hybridized carbons (Fsp3) is 0.455. The normalized spacial score (nSPS) is 15.3. The minimum absolute atomic E-state index is 1.05. The van der Waals surface area contributed by atoms with Crippen molar-refractivity contribution < 1.29 is 3.44 Å². The fourth-order valence-corrected chi connectivity index (χ4v) is 7.86. The van der Waals surface area contributed by atoms with Crippen LogP contribution < -0.4 is 3.58 Å². The first-order valence-corrected chi connectivity index (χ1v) is 12.5. The van der Waals surface area contributed by atoms with Gasteiger partial charge in [0.15, 0.2) is 0 Å². The van der Waals surface area contributed by atoms with Gasteiger partial charge in [0.1, 0.15) is 0 Å². The molecule has 1 unspecified atom stereocenters. The molecule has 0 fully saturated rings. The van der Waals surface area contributed by atoms with Crippen molar-refractivity contribution in [2.75, 3.05) is 0 Å². The van der Waals surface area contributed by atoms with Crippen LogP contribution in [-0.4, -0.2) is 22.2 Å². The summed E-state index contributed by atoms with van der Waals surface area (Å²) in [5.41, 5.74) is 0. The van der Waals surface area contributed by atoms with Gasteiger partial charge in [0.2, 0.25) is 0 Å². The summed E-state index contributed by atoms with van der Waals surface area (Å²) >= 11 is -2.84. The Bertz CT molecular complexity index is 244. The van der Waals surface area contributed by atoms with Gasteiger partial charge in [-0.05, 0) is 0 Å². The summed E-state index contributed by atoms with van der Waals surface area (Å²) in [6.07, 6.45) is 2.35. The maximum atomic E-state index is 10.3. The zero-order chi connectivity index (χ0) is 9.73. The molecule has 1 nitrogen and oxygen atoms in total. The summed E-state index contributed by atoms with van der Waals surface area (Å²) in [5, 5.41) is 0. The number of rotatable bonds is 4. The zero-order valence-corrected chi connectivity index (χ0v) is 11.3. The van der Waals surface area contributed by atoms with Crippen molar-refractivity contribution in [3.8, 4) is 0 Å². The van der Waals surface area contributed by atoms with Gasteiger partial charge in [-0.2, -0.15) is 0 Å². The monoisotopic (exact) mass is 286 g/mol. The van der Waals surface area contributed by atoms with Crippen LogP contribution in [0.1, 0.15) is 19.8 Å². The van der Waals surface area contributed by atoms with Gasteiger partial charge >= 0.3 is 85.3 Å². The summed E-state index contributed by atoms with van der Waals surface area (Å²) in [6, 6.07) is 10.2. The predicted octanol–water partition coefficient (Wildman–Crippen LogP) is 2.26. The molecule has 0 spiro atoms. The zero-order valence-electron chi connectivity index (χ0n) is 8.46. The van der Waals surface area contributed by atoms with Crippen LogP contribution in [0.2, 0.25) is 9.38 Å². The van der Waals surface area contributed by atoms with Crippen molar-refractivity contribution >= 4 is 22.4 Å². The third kappa shape index (κ3) is 3.31. The van der Waals surface area contributed by atoms with E-state index >= 15 is 0 Å². The summed E-state index contributed by atoms with van der Waals surface area (Å²) in [6.45, 7) is 2.17. The number of benzene rings is 1. The maximum absolute atomic E-state index is 10.3. The molecule has 0 bridgehead atoms. The minimum atomic E-state index is -2.84. The van der Waals surface area contributed by atoms with Crippen LogP contribution in [0.15, 0.2) is 30.3 Å². The molecule has 0 saturated carbocycles. The second-order valence-corrected chi connectivity index (χ2v) is 14.1. The van der Waals surface area contributed by atoms with Crippen molar-refractivity contribution in [3.05, 3.63) is 30.3 Å². The summed E-state index contributed by atoms with van der Waals surface area (Å²) in [4.78, 5) is 2.10. The van der Waals surface area contributed by atoms with Gasteiger partial charge in [-0.25, -0.2) is 0 Å². The van der Waals surface area contributed by atoms with Crippen molar-refractivity contribution in [3.63, 3.8) is 0 Å². The van der Waals surface area contributed by atoms with Gasteiger partial charge in [-0.3, -0.25) is 0 Å². The molecule has 0 amide bonds. The van der Waals surface area contributed by atoms with E-state index in [2.05, 4.69) is 24.0 Å². The second kappa shape index (κ2) is 5.01. The average Bonchev–Trinajstić information content (AvgIpc) is 2.16. The number of hydrogen-bond acceptors (Lipinski definition) is 1. The average molecular weight is 285 g/mol. The third-order valence-electron chi connectivity index (χ3n) is 2.41. The predicted molar refractivity (Wildman–Crippen MR) is 59.6 cm³/mol. The molecule has 13 heavy (non-hydrogen) atoms. The Hall–Kier alpha value is -0.0213. The van der Waals surface area contributed by atoms with Gasteiger partial charge in [-0.1, -0.05) is 0 Å². The summed E-state index contributed by atoms with van der Waals surface area (Å²) in [5.74, 6) is 0. The Morgan fingerprint density at radius 1 is 1.23 bits per heavy atom. The molecule has 0 aliphatic carbocycles. The van der Waals surface area contributed by atoms with Crippen molar-refractivity contribution in [1.82, 2.24) is 0 Å². The molecule has 1 aromatic rings. The van der Waals surface area contributed by atoms with Crippen LogP contribution in [0, 0.1) is 0 Å². The first-order valence-electron chi connectivity index (χ1n) is 4.94. The Morgan fingerprint density at radius 3 is 2.38 bits per heavy atom. The topological polar surface area (TPSA) is 20.2 Å². The Kier molecular flexibility index (Phi) is 4.26. The van der Waals surface area contributed by atoms with Crippen LogP contribution in [0.4, 0.5) is 0 Å². The fourth-order valence-electron chi connectivity index (χ4n) is 1.46. The standard InChI is InChI=1S/C6H5.C4H9.CH3.H2O.Sn/c1-2-4-6-5-3-1;1-3-4-2;;;/h1-5H;1,3-4H2,2H3;1H3;1H2;/q;;;;+1/p-1. The van der Waals surface area contributed by atoms with Crippen LogP contribution >= 0.6 is 0 Å². The van der Waals surface area contributed by atoms with Crippen molar-refractivity contribution in [2.45, 2.75) is 29.1 Å². The van der Waals surface area contributed by atoms with Gasteiger partial charge < -0.3 is 0 Å². The first kappa shape index (κ1) is 11.1. The van der Waals surface area contributed by atoms with Crippen LogP contribution in [0.25, 0.3) is 0 Å². The van der Waals surface area contributed by atoms with Crippen LogP contribution in [0.3, 0.4) is 0 Å². The summed E-state index contributed by atoms with van der Waals surface area (Å²) in [7, 11) is 0. The molecular formula is C11H18OSn. The quantitative estimate of drug-likeness (QED) is 0.841. The van der Waals surface area contributed by atoms with Crippen LogP contribution in [-0.2, 0) is 0 Å². The molecule has 1 rings (SSSR count). The van der Waals surface area contributed by atoms with Gasteiger partial charge in [0.25, 0.3) is 0 Å². The molecule has 0 saturated heterocycles. The van der Waals surface area contributed by atoms with E-state index in [1.807, 2.05) is 18.2 Å². The van der Waals surface area contributed by atoms with Crippen molar-refractivity contribution in [2.24, 2.45) is 0 Å². The van der Waals surface area contributed by atoms with Crippen LogP contribution in [0.5, 0.6) is 0 Å². The van der Waals surface area contributed by atoms with E-state index in [0.29, 0.717) is 0 Å². The van der Waals surface area contributed by atoms with Crippen molar-refractivity contribution in [1.29, 1.82) is 0 Å². The third-order valence-corrected chi connectivity index (χ3v) is 10.7. The molecule has 0 heterocycles. The molecule has 0 radical (unpaired) electrons. The van der Waals surface area contributed by atoms with E-state index in [1.54, 1.807) is 0 Å². The first-order chi connectivity index (χ1) is 6.17. The Morgan fingerprint density at radius 2 is 1.85 bits per heavy atom. The van der Waals surface area contributed by atoms with E-state index in [-0.39, 0.29) is 0 Å². The van der Waals surface area contributed by atoms with E-state index in [9.17, 15) is 3.44 Å². The molecule has 2 heteroatoms. The Balaban J connectivity index is 2.69. The Labute approximate surface area is 85.2 Å². The summed E-state index contributed by atoms with van der Waals surface area (Å²) < 4.78 is 12.6. The molecule has 1 aromatic carbocycles. The molecule has 1 N–H and O–H groups in total. The molecule has 0 aromatic heterocycles. The van der Waals surface area contributed by atoms with Gasteiger partial charge in [0, 0.05) is 0 Å². The van der Waals surface area contributed by atoms with E-state index in [1.165, 1.54) is 10.0 Å². The molecular weight excluding hydrogens is 267 g/mol. The number of hydrogen-bond donors (Lipinski definition) is 1. The van der Waals surface area contributed by atoms with Gasteiger partial charge in [-0.15, -0.1) is 0 Å². The number of unbranched alkanes of at least 4 members (excludes halogenated alkanes) is 1. The molecule has 0 aliphatic heterocycles. The molecule has 1 atom stereocenters. The van der Waals surface area contributed by atoms with E-state index < -0.39 is 18.8 Å².